The minimum absolute atomic E-state index is 0.0293. The summed E-state index contributed by atoms with van der Waals surface area (Å²) in [6, 6.07) is 2.89. The number of carbonyl (C=O) groups excluding carboxylic acids is 1. The Morgan fingerprint density at radius 3 is 2.50 bits per heavy atom. The lowest BCUT2D eigenvalue weighted by atomic mass is 10.0. The highest BCUT2D eigenvalue weighted by Crippen LogP contribution is 2.34. The van der Waals surface area contributed by atoms with Gasteiger partial charge in [-0.25, -0.2) is 0 Å². The Bertz CT molecular complexity index is 516. The van der Waals surface area contributed by atoms with Crippen LogP contribution in [0, 0.1) is 5.92 Å². The molecule has 22 heavy (non-hydrogen) atoms. The van der Waals surface area contributed by atoms with E-state index in [1.165, 1.54) is 19.2 Å². The van der Waals surface area contributed by atoms with Crippen molar-refractivity contribution < 1.29 is 22.7 Å². The molecule has 1 rings (SSSR count). The summed E-state index contributed by atoms with van der Waals surface area (Å²) in [5.74, 6) is -0.121. The van der Waals surface area contributed by atoms with Gasteiger partial charge in [-0.15, -0.1) is 0 Å². The van der Waals surface area contributed by atoms with Crippen LogP contribution in [0.5, 0.6) is 5.75 Å². The molecule has 0 aliphatic rings. The maximum atomic E-state index is 13.0. The Kier molecular flexibility index (Phi) is 6.22. The third-order valence-corrected chi connectivity index (χ3v) is 3.14. The molecule has 0 unspecified atom stereocenters. The van der Waals surface area contributed by atoms with Crippen LogP contribution < -0.4 is 15.8 Å². The lowest BCUT2D eigenvalue weighted by Gasteiger charge is -2.17. The first-order valence-corrected chi connectivity index (χ1v) is 6.92. The number of benzene rings is 1. The largest absolute Gasteiger partial charge is 0.497 e. The van der Waals surface area contributed by atoms with E-state index in [1.807, 2.05) is 13.8 Å². The number of methoxy groups -OCH3 is 1. The summed E-state index contributed by atoms with van der Waals surface area (Å²) in [4.78, 5) is 11.8. The number of rotatable bonds is 6. The van der Waals surface area contributed by atoms with E-state index in [9.17, 15) is 18.0 Å². The highest BCUT2D eigenvalue weighted by atomic mass is 19.4. The molecule has 0 aliphatic heterocycles. The van der Waals surface area contributed by atoms with Crippen molar-refractivity contribution in [2.45, 2.75) is 39.0 Å². The molecule has 1 atom stereocenters. The van der Waals surface area contributed by atoms with E-state index in [1.54, 1.807) is 0 Å². The van der Waals surface area contributed by atoms with E-state index in [-0.39, 0.29) is 23.8 Å². The summed E-state index contributed by atoms with van der Waals surface area (Å²) in [5, 5.41) is 2.45. The van der Waals surface area contributed by atoms with Gasteiger partial charge in [0, 0.05) is 6.54 Å². The number of nitrogens with two attached hydrogens (primary N) is 1. The predicted octanol–water partition coefficient (Wildman–Crippen LogP) is 2.70. The lowest BCUT2D eigenvalue weighted by molar-refractivity contribution is -0.138. The lowest BCUT2D eigenvalue weighted by Crippen LogP contribution is -2.41. The van der Waals surface area contributed by atoms with Gasteiger partial charge in [0.05, 0.1) is 18.7 Å². The van der Waals surface area contributed by atoms with Gasteiger partial charge in [0.1, 0.15) is 5.75 Å². The van der Waals surface area contributed by atoms with Crippen LogP contribution in [0.15, 0.2) is 18.2 Å². The zero-order valence-electron chi connectivity index (χ0n) is 12.8. The highest BCUT2D eigenvalue weighted by Gasteiger charge is 2.33. The molecule has 4 nitrogen and oxygen atoms in total. The van der Waals surface area contributed by atoms with Gasteiger partial charge >= 0.3 is 6.18 Å². The average molecular weight is 318 g/mol. The highest BCUT2D eigenvalue weighted by molar-refractivity contribution is 5.81. The summed E-state index contributed by atoms with van der Waals surface area (Å²) >= 11 is 0. The average Bonchev–Trinajstić information content (AvgIpc) is 2.42. The Hall–Kier alpha value is -1.76. The SMILES string of the molecule is COc1ccc(CNC(=O)[C@@H](N)CC(C)C)c(C(F)(F)F)c1. The molecule has 3 N–H and O–H groups in total. The van der Waals surface area contributed by atoms with E-state index < -0.39 is 23.7 Å². The monoisotopic (exact) mass is 318 g/mol. The fourth-order valence-electron chi connectivity index (χ4n) is 2.03. The van der Waals surface area contributed by atoms with Crippen molar-refractivity contribution in [3.05, 3.63) is 29.3 Å². The molecule has 7 heteroatoms. The van der Waals surface area contributed by atoms with Crippen LogP contribution in [0.4, 0.5) is 13.2 Å². The number of carbonyl (C=O) groups is 1. The summed E-state index contributed by atoms with van der Waals surface area (Å²) in [5.41, 5.74) is 4.84. The smallest absolute Gasteiger partial charge is 0.416 e. The maximum absolute atomic E-state index is 13.0. The first-order chi connectivity index (χ1) is 10.1. The molecule has 1 amide bonds. The minimum atomic E-state index is -4.52. The van der Waals surface area contributed by atoms with Gasteiger partial charge in [0.25, 0.3) is 0 Å². The van der Waals surface area contributed by atoms with Crippen LogP contribution in [-0.4, -0.2) is 19.1 Å². The number of amides is 1. The van der Waals surface area contributed by atoms with Crippen molar-refractivity contribution >= 4 is 5.91 Å². The molecule has 0 fully saturated rings. The fourth-order valence-corrected chi connectivity index (χ4v) is 2.03. The Balaban J connectivity index is 2.83. The molecule has 0 spiro atoms. The van der Waals surface area contributed by atoms with E-state index >= 15 is 0 Å². The number of halogens is 3. The molecule has 0 radical (unpaired) electrons. The van der Waals surface area contributed by atoms with Crippen molar-refractivity contribution in [2.75, 3.05) is 7.11 Å². The molecule has 0 bridgehead atoms. The molecule has 0 aromatic heterocycles. The van der Waals surface area contributed by atoms with E-state index in [4.69, 9.17) is 10.5 Å². The first-order valence-electron chi connectivity index (χ1n) is 6.92. The van der Waals surface area contributed by atoms with Gasteiger partial charge in [0.2, 0.25) is 5.91 Å². The predicted molar refractivity (Wildman–Crippen MR) is 77.3 cm³/mol. The van der Waals surface area contributed by atoms with Gasteiger partial charge in [-0.2, -0.15) is 13.2 Å². The molecule has 0 saturated carbocycles. The number of nitrogens with one attached hydrogen (secondary N) is 1. The van der Waals surface area contributed by atoms with Gasteiger partial charge < -0.3 is 15.8 Å². The van der Waals surface area contributed by atoms with E-state index in [2.05, 4.69) is 5.32 Å². The standard InChI is InChI=1S/C15H21F3N2O2/c1-9(2)6-13(19)14(21)20-8-10-4-5-11(22-3)7-12(10)15(16,17)18/h4-5,7,9,13H,6,8,19H2,1-3H3,(H,20,21)/t13-/m0/s1. The molecule has 1 aromatic carbocycles. The third kappa shape index (κ3) is 5.22. The molecular weight excluding hydrogens is 297 g/mol. The molecule has 0 aliphatic carbocycles. The zero-order valence-corrected chi connectivity index (χ0v) is 12.8. The van der Waals surface area contributed by atoms with Gasteiger partial charge in [-0.05, 0) is 30.0 Å². The number of alkyl halides is 3. The minimum Gasteiger partial charge on any atom is -0.497 e. The van der Waals surface area contributed by atoms with Crippen molar-refractivity contribution in [2.24, 2.45) is 11.7 Å². The first kappa shape index (κ1) is 18.3. The Morgan fingerprint density at radius 2 is 2.00 bits per heavy atom. The van der Waals surface area contributed by atoms with Crippen LogP contribution in [0.25, 0.3) is 0 Å². The molecule has 0 heterocycles. The quantitative estimate of drug-likeness (QED) is 0.847. The number of hydrogen-bond donors (Lipinski definition) is 2. The maximum Gasteiger partial charge on any atom is 0.416 e. The van der Waals surface area contributed by atoms with Crippen LogP contribution in [0.1, 0.15) is 31.4 Å². The van der Waals surface area contributed by atoms with E-state index in [0.29, 0.717) is 6.42 Å². The Morgan fingerprint density at radius 1 is 1.36 bits per heavy atom. The Labute approximate surface area is 127 Å². The number of ether oxygens (including phenoxy) is 1. The summed E-state index contributed by atoms with van der Waals surface area (Å²) < 4.78 is 43.9. The van der Waals surface area contributed by atoms with Crippen molar-refractivity contribution in [3.8, 4) is 5.75 Å². The second kappa shape index (κ2) is 7.49. The van der Waals surface area contributed by atoms with Gasteiger partial charge in [0.15, 0.2) is 0 Å². The van der Waals surface area contributed by atoms with E-state index in [0.717, 1.165) is 6.07 Å². The molecular formula is C15H21F3N2O2. The third-order valence-electron chi connectivity index (χ3n) is 3.14. The van der Waals surface area contributed by atoms with Crippen LogP contribution in [0.3, 0.4) is 0 Å². The summed E-state index contributed by atoms with van der Waals surface area (Å²) in [6.07, 6.45) is -4.05. The molecule has 0 saturated heterocycles. The van der Waals surface area contributed by atoms with Crippen molar-refractivity contribution in [1.82, 2.24) is 5.32 Å². The van der Waals surface area contributed by atoms with Crippen molar-refractivity contribution in [3.63, 3.8) is 0 Å². The second-order valence-corrected chi connectivity index (χ2v) is 5.47. The molecule has 1 aromatic rings. The van der Waals surface area contributed by atoms with Crippen LogP contribution in [-0.2, 0) is 17.5 Å². The number of hydrogen-bond acceptors (Lipinski definition) is 3. The van der Waals surface area contributed by atoms with Gasteiger partial charge in [-0.3, -0.25) is 4.79 Å². The topological polar surface area (TPSA) is 64.3 Å². The summed E-state index contributed by atoms with van der Waals surface area (Å²) in [7, 11) is 1.29. The van der Waals surface area contributed by atoms with Crippen molar-refractivity contribution in [1.29, 1.82) is 0 Å². The second-order valence-electron chi connectivity index (χ2n) is 5.47. The zero-order chi connectivity index (χ0) is 16.9. The normalized spacial score (nSPS) is 13.1. The summed E-state index contributed by atoms with van der Waals surface area (Å²) in [6.45, 7) is 3.60. The molecule has 124 valence electrons. The fraction of sp³-hybridized carbons (Fsp3) is 0.533. The van der Waals surface area contributed by atoms with Crippen LogP contribution >= 0.6 is 0 Å². The van der Waals surface area contributed by atoms with Crippen LogP contribution in [0.2, 0.25) is 0 Å². The van der Waals surface area contributed by atoms with Gasteiger partial charge in [-0.1, -0.05) is 19.9 Å².